The second-order valence-corrected chi connectivity index (χ2v) is 7.53. The van der Waals surface area contributed by atoms with Gasteiger partial charge >= 0.3 is 0 Å². The van der Waals surface area contributed by atoms with Gasteiger partial charge in [-0.25, -0.2) is 4.68 Å². The Balaban J connectivity index is 1.77. The van der Waals surface area contributed by atoms with Crippen LogP contribution in [0.3, 0.4) is 0 Å². The van der Waals surface area contributed by atoms with Crippen LogP contribution >= 0.6 is 0 Å². The molecule has 5 unspecified atom stereocenters. The van der Waals surface area contributed by atoms with Gasteiger partial charge in [-0.05, 0) is 18.8 Å². The van der Waals surface area contributed by atoms with Gasteiger partial charge in [0, 0.05) is 13.3 Å². The Labute approximate surface area is 155 Å². The molecule has 5 atom stereocenters. The fraction of sp³-hybridized carbons (Fsp3) is 0.889. The third-order valence-electron chi connectivity index (χ3n) is 4.82. The molecule has 0 aliphatic carbocycles. The standard InChI is InChI=1S/C18H33N3O5/c1-12(2)8-6-4-5-7-9-13-10-21(20-19-13)11-14-15(22)16(23)17(24)18(25-3)26-14/h10,12,14-18,22-24H,4-9,11H2,1-3H3. The van der Waals surface area contributed by atoms with Crippen molar-refractivity contribution in [3.8, 4) is 0 Å². The first-order valence-corrected chi connectivity index (χ1v) is 9.53. The minimum Gasteiger partial charge on any atom is -0.388 e. The Hall–Kier alpha value is -1.06. The van der Waals surface area contributed by atoms with E-state index in [0.29, 0.717) is 0 Å². The number of hydrogen-bond donors (Lipinski definition) is 3. The third kappa shape index (κ3) is 5.99. The van der Waals surface area contributed by atoms with Crippen LogP contribution in [-0.4, -0.2) is 68.1 Å². The molecule has 1 saturated heterocycles. The molecule has 1 aliphatic heterocycles. The maximum atomic E-state index is 10.1. The largest absolute Gasteiger partial charge is 0.388 e. The number of methoxy groups -OCH3 is 1. The summed E-state index contributed by atoms with van der Waals surface area (Å²) in [7, 11) is 1.38. The van der Waals surface area contributed by atoms with Gasteiger partial charge in [0.15, 0.2) is 6.29 Å². The van der Waals surface area contributed by atoms with Crippen molar-refractivity contribution in [3.05, 3.63) is 11.9 Å². The van der Waals surface area contributed by atoms with E-state index < -0.39 is 30.7 Å². The molecule has 1 aromatic heterocycles. The first kappa shape index (κ1) is 21.2. The van der Waals surface area contributed by atoms with Gasteiger partial charge in [-0.3, -0.25) is 0 Å². The minimum atomic E-state index is -1.33. The van der Waals surface area contributed by atoms with Crippen LogP contribution in [0.5, 0.6) is 0 Å². The Morgan fingerprint density at radius 1 is 1.12 bits per heavy atom. The highest BCUT2D eigenvalue weighted by atomic mass is 16.7. The molecule has 2 rings (SSSR count). The summed E-state index contributed by atoms with van der Waals surface area (Å²) in [6.45, 7) is 4.73. The molecular formula is C18H33N3O5. The number of aliphatic hydroxyl groups excluding tert-OH is 3. The van der Waals surface area contributed by atoms with Gasteiger partial charge in [0.2, 0.25) is 0 Å². The van der Waals surface area contributed by atoms with Crippen LogP contribution in [0.25, 0.3) is 0 Å². The summed E-state index contributed by atoms with van der Waals surface area (Å²) in [6.07, 6.45) is 3.23. The lowest BCUT2D eigenvalue weighted by molar-refractivity contribution is -0.292. The van der Waals surface area contributed by atoms with Gasteiger partial charge in [0.1, 0.15) is 24.4 Å². The molecule has 1 aromatic rings. The molecule has 1 fully saturated rings. The van der Waals surface area contributed by atoms with E-state index in [1.807, 2.05) is 6.20 Å². The molecule has 0 amide bonds. The van der Waals surface area contributed by atoms with Gasteiger partial charge < -0.3 is 24.8 Å². The molecule has 0 saturated carbocycles. The van der Waals surface area contributed by atoms with Crippen molar-refractivity contribution in [3.63, 3.8) is 0 Å². The highest BCUT2D eigenvalue weighted by molar-refractivity contribution is 4.94. The van der Waals surface area contributed by atoms with E-state index in [2.05, 4.69) is 24.2 Å². The van der Waals surface area contributed by atoms with Crippen molar-refractivity contribution in [2.45, 2.75) is 89.6 Å². The van der Waals surface area contributed by atoms with Crippen molar-refractivity contribution in [2.75, 3.05) is 7.11 Å². The number of aliphatic hydroxyl groups is 3. The molecule has 3 N–H and O–H groups in total. The second kappa shape index (κ2) is 10.3. The number of nitrogens with zero attached hydrogens (tertiary/aromatic N) is 3. The average molecular weight is 371 g/mol. The maximum absolute atomic E-state index is 10.1. The Morgan fingerprint density at radius 2 is 1.85 bits per heavy atom. The molecule has 150 valence electrons. The van der Waals surface area contributed by atoms with E-state index in [-0.39, 0.29) is 6.54 Å². The van der Waals surface area contributed by atoms with E-state index >= 15 is 0 Å². The molecule has 26 heavy (non-hydrogen) atoms. The van der Waals surface area contributed by atoms with Crippen LogP contribution in [0.2, 0.25) is 0 Å². The van der Waals surface area contributed by atoms with Gasteiger partial charge in [-0.2, -0.15) is 0 Å². The molecule has 8 heteroatoms. The summed E-state index contributed by atoms with van der Waals surface area (Å²) in [6, 6.07) is 0. The van der Waals surface area contributed by atoms with E-state index in [9.17, 15) is 15.3 Å². The number of unbranched alkanes of at least 4 members (excludes halogenated alkanes) is 3. The van der Waals surface area contributed by atoms with Crippen molar-refractivity contribution in [1.29, 1.82) is 0 Å². The minimum absolute atomic E-state index is 0.228. The lowest BCUT2D eigenvalue weighted by Gasteiger charge is -2.39. The van der Waals surface area contributed by atoms with Crippen LogP contribution in [0.15, 0.2) is 6.20 Å². The van der Waals surface area contributed by atoms with Crippen LogP contribution in [0.4, 0.5) is 0 Å². The lowest BCUT2D eigenvalue weighted by atomic mass is 9.99. The predicted octanol–water partition coefficient (Wildman–Crippen LogP) is 0.881. The van der Waals surface area contributed by atoms with Crippen molar-refractivity contribution in [2.24, 2.45) is 5.92 Å². The van der Waals surface area contributed by atoms with Crippen molar-refractivity contribution in [1.82, 2.24) is 15.0 Å². The number of rotatable bonds is 10. The highest BCUT2D eigenvalue weighted by Crippen LogP contribution is 2.22. The zero-order valence-electron chi connectivity index (χ0n) is 16.0. The normalized spacial score (nSPS) is 29.4. The number of aromatic nitrogens is 3. The summed E-state index contributed by atoms with van der Waals surface area (Å²) < 4.78 is 12.1. The van der Waals surface area contributed by atoms with E-state index in [0.717, 1.165) is 24.5 Å². The summed E-state index contributed by atoms with van der Waals surface area (Å²) in [5, 5.41) is 38.0. The summed E-state index contributed by atoms with van der Waals surface area (Å²) >= 11 is 0. The molecule has 0 bridgehead atoms. The highest BCUT2D eigenvalue weighted by Gasteiger charge is 2.44. The predicted molar refractivity (Wildman–Crippen MR) is 95.3 cm³/mol. The Kier molecular flexibility index (Phi) is 8.43. The summed E-state index contributed by atoms with van der Waals surface area (Å²) in [4.78, 5) is 0. The average Bonchev–Trinajstić information content (AvgIpc) is 3.05. The molecule has 0 radical (unpaired) electrons. The van der Waals surface area contributed by atoms with Crippen LogP contribution in [-0.2, 0) is 22.4 Å². The summed E-state index contributed by atoms with van der Waals surface area (Å²) in [5.41, 5.74) is 0.906. The molecule has 0 spiro atoms. The quantitative estimate of drug-likeness (QED) is 0.524. The molecular weight excluding hydrogens is 338 g/mol. The van der Waals surface area contributed by atoms with Gasteiger partial charge in [-0.1, -0.05) is 44.7 Å². The van der Waals surface area contributed by atoms with Crippen molar-refractivity contribution >= 4 is 0 Å². The number of hydrogen-bond acceptors (Lipinski definition) is 7. The van der Waals surface area contributed by atoms with E-state index in [4.69, 9.17) is 9.47 Å². The zero-order valence-corrected chi connectivity index (χ0v) is 16.0. The topological polar surface area (TPSA) is 110 Å². The lowest BCUT2D eigenvalue weighted by Crippen LogP contribution is -2.58. The van der Waals surface area contributed by atoms with Gasteiger partial charge in [0.05, 0.1) is 12.2 Å². The Bertz CT molecular complexity index is 523. The molecule has 8 nitrogen and oxygen atoms in total. The van der Waals surface area contributed by atoms with Crippen LogP contribution in [0, 0.1) is 5.92 Å². The molecule has 0 aromatic carbocycles. The van der Waals surface area contributed by atoms with Crippen molar-refractivity contribution < 1.29 is 24.8 Å². The fourth-order valence-electron chi connectivity index (χ4n) is 3.20. The fourth-order valence-corrected chi connectivity index (χ4v) is 3.20. The van der Waals surface area contributed by atoms with Gasteiger partial charge in [0.25, 0.3) is 0 Å². The second-order valence-electron chi connectivity index (χ2n) is 7.53. The Morgan fingerprint density at radius 3 is 2.54 bits per heavy atom. The van der Waals surface area contributed by atoms with Gasteiger partial charge in [-0.15, -0.1) is 5.10 Å². The van der Waals surface area contributed by atoms with Crippen LogP contribution < -0.4 is 0 Å². The first-order chi connectivity index (χ1) is 12.4. The third-order valence-corrected chi connectivity index (χ3v) is 4.82. The molecule has 2 heterocycles. The number of ether oxygens (including phenoxy) is 2. The first-order valence-electron chi connectivity index (χ1n) is 9.53. The summed E-state index contributed by atoms with van der Waals surface area (Å²) in [5.74, 6) is 0.768. The van der Waals surface area contributed by atoms with Crippen LogP contribution in [0.1, 0.15) is 51.6 Å². The monoisotopic (exact) mass is 371 g/mol. The maximum Gasteiger partial charge on any atom is 0.186 e. The molecule has 1 aliphatic rings. The number of aryl methyl sites for hydroxylation is 1. The van der Waals surface area contributed by atoms with E-state index in [1.165, 1.54) is 32.8 Å². The smallest absolute Gasteiger partial charge is 0.186 e. The SMILES string of the molecule is COC1OC(Cn2cc(CCCCCCC(C)C)nn2)C(O)C(O)C1O. The van der Waals surface area contributed by atoms with E-state index in [1.54, 1.807) is 4.68 Å². The zero-order chi connectivity index (χ0) is 19.1.